The number of likely N-dealkylation sites (tertiary alicyclic amines) is 1. The van der Waals surface area contributed by atoms with Crippen molar-refractivity contribution < 1.29 is 4.79 Å². The molecule has 2 aliphatic heterocycles. The van der Waals surface area contributed by atoms with Gasteiger partial charge in [-0.2, -0.15) is 0 Å². The number of rotatable bonds is 3. The van der Waals surface area contributed by atoms with E-state index in [-0.39, 0.29) is 24.2 Å². The second-order valence-corrected chi connectivity index (χ2v) is 6.16. The monoisotopic (exact) mass is 289 g/mol. The van der Waals surface area contributed by atoms with Crippen molar-refractivity contribution in [3.63, 3.8) is 0 Å². The van der Waals surface area contributed by atoms with Crippen molar-refractivity contribution in [2.24, 2.45) is 11.8 Å². The smallest absolute Gasteiger partial charge is 0.223 e. The van der Waals surface area contributed by atoms with Gasteiger partial charge in [0.2, 0.25) is 5.91 Å². The number of carbonyl (C=O) groups is 1. The van der Waals surface area contributed by atoms with Crippen LogP contribution in [0, 0.1) is 11.8 Å². The summed E-state index contributed by atoms with van der Waals surface area (Å²) in [5.41, 5.74) is 0. The number of nitrogens with one attached hydrogen (secondary N) is 2. The standard InChI is InChI=1S/C14H27N3O.ClH/c1-10(2)17-8-11(3)13(9-17)16-14(18)12-4-6-15-7-5-12;/h10-13,15H,4-9H2,1-3H3,(H,16,18);1H. The third-order valence-corrected chi connectivity index (χ3v) is 4.41. The number of carbonyl (C=O) groups excluding carboxylic acids is 1. The first kappa shape index (κ1) is 16.7. The van der Waals surface area contributed by atoms with Crippen LogP contribution in [0.3, 0.4) is 0 Å². The van der Waals surface area contributed by atoms with Gasteiger partial charge in [0.1, 0.15) is 0 Å². The molecule has 112 valence electrons. The third kappa shape index (κ3) is 4.33. The molecule has 0 spiro atoms. The van der Waals surface area contributed by atoms with Crippen molar-refractivity contribution in [2.45, 2.75) is 45.7 Å². The summed E-state index contributed by atoms with van der Waals surface area (Å²) >= 11 is 0. The van der Waals surface area contributed by atoms with Gasteiger partial charge in [-0.15, -0.1) is 12.4 Å². The Morgan fingerprint density at radius 1 is 1.26 bits per heavy atom. The Hall–Kier alpha value is -0.320. The van der Waals surface area contributed by atoms with E-state index in [0.29, 0.717) is 18.0 Å². The van der Waals surface area contributed by atoms with E-state index in [1.165, 1.54) is 0 Å². The molecule has 2 N–H and O–H groups in total. The van der Waals surface area contributed by atoms with Crippen LogP contribution in [0.5, 0.6) is 0 Å². The molecule has 0 aromatic heterocycles. The van der Waals surface area contributed by atoms with Crippen molar-refractivity contribution in [3.8, 4) is 0 Å². The number of hydrogen-bond donors (Lipinski definition) is 2. The molecule has 2 unspecified atom stereocenters. The second kappa shape index (κ2) is 7.46. The van der Waals surface area contributed by atoms with E-state index < -0.39 is 0 Å². The molecular formula is C14H28ClN3O. The highest BCUT2D eigenvalue weighted by Gasteiger charge is 2.33. The summed E-state index contributed by atoms with van der Waals surface area (Å²) in [6, 6.07) is 0.919. The molecule has 2 atom stereocenters. The van der Waals surface area contributed by atoms with E-state index in [4.69, 9.17) is 0 Å². The van der Waals surface area contributed by atoms with E-state index in [0.717, 1.165) is 39.0 Å². The molecule has 2 fully saturated rings. The molecule has 19 heavy (non-hydrogen) atoms. The van der Waals surface area contributed by atoms with Crippen molar-refractivity contribution >= 4 is 18.3 Å². The van der Waals surface area contributed by atoms with Gasteiger partial charge >= 0.3 is 0 Å². The third-order valence-electron chi connectivity index (χ3n) is 4.41. The van der Waals surface area contributed by atoms with Crippen LogP contribution in [-0.4, -0.2) is 49.1 Å². The largest absolute Gasteiger partial charge is 0.352 e. The molecule has 2 aliphatic rings. The first-order valence-electron chi connectivity index (χ1n) is 7.33. The van der Waals surface area contributed by atoms with Crippen LogP contribution in [-0.2, 0) is 4.79 Å². The predicted octanol–water partition coefficient (Wildman–Crippen LogP) is 1.25. The number of piperidine rings is 1. The average Bonchev–Trinajstić information content (AvgIpc) is 2.72. The summed E-state index contributed by atoms with van der Waals surface area (Å²) < 4.78 is 0. The lowest BCUT2D eigenvalue weighted by molar-refractivity contribution is -0.126. The van der Waals surface area contributed by atoms with E-state index in [2.05, 4.69) is 36.3 Å². The molecule has 1 amide bonds. The van der Waals surface area contributed by atoms with Gasteiger partial charge in [0, 0.05) is 31.1 Å². The van der Waals surface area contributed by atoms with Gasteiger partial charge in [0.05, 0.1) is 0 Å². The molecule has 2 saturated heterocycles. The normalized spacial score (nSPS) is 29.3. The number of halogens is 1. The predicted molar refractivity (Wildman–Crippen MR) is 80.6 cm³/mol. The summed E-state index contributed by atoms with van der Waals surface area (Å²) in [5.74, 6) is 1.07. The number of amides is 1. The van der Waals surface area contributed by atoms with Gasteiger partial charge in [0.25, 0.3) is 0 Å². The summed E-state index contributed by atoms with van der Waals surface area (Å²) in [4.78, 5) is 14.7. The lowest BCUT2D eigenvalue weighted by Gasteiger charge is -2.25. The van der Waals surface area contributed by atoms with Gasteiger partial charge in [-0.1, -0.05) is 6.92 Å². The van der Waals surface area contributed by atoms with Gasteiger partial charge in [-0.3, -0.25) is 9.69 Å². The van der Waals surface area contributed by atoms with Gasteiger partial charge < -0.3 is 10.6 Å². The summed E-state index contributed by atoms with van der Waals surface area (Å²) in [7, 11) is 0. The second-order valence-electron chi connectivity index (χ2n) is 6.16. The van der Waals surface area contributed by atoms with Crippen molar-refractivity contribution in [2.75, 3.05) is 26.2 Å². The molecule has 0 radical (unpaired) electrons. The van der Waals surface area contributed by atoms with Crippen LogP contribution in [0.4, 0.5) is 0 Å². The minimum atomic E-state index is 0. The molecule has 0 aromatic rings. The fourth-order valence-electron chi connectivity index (χ4n) is 3.00. The first-order valence-corrected chi connectivity index (χ1v) is 7.33. The van der Waals surface area contributed by atoms with Crippen molar-refractivity contribution in [1.29, 1.82) is 0 Å². The molecule has 0 saturated carbocycles. The van der Waals surface area contributed by atoms with Crippen molar-refractivity contribution in [3.05, 3.63) is 0 Å². The SMILES string of the molecule is CC1CN(C(C)C)CC1NC(=O)C1CCNCC1.Cl. The van der Waals surface area contributed by atoms with E-state index >= 15 is 0 Å². The molecule has 2 rings (SSSR count). The minimum absolute atomic E-state index is 0. The zero-order valence-corrected chi connectivity index (χ0v) is 13.1. The van der Waals surface area contributed by atoms with Crippen LogP contribution in [0.25, 0.3) is 0 Å². The van der Waals surface area contributed by atoms with Crippen LogP contribution in [0.1, 0.15) is 33.6 Å². The summed E-state index contributed by atoms with van der Waals surface area (Å²) in [6.45, 7) is 10.8. The fraction of sp³-hybridized carbons (Fsp3) is 0.929. The highest BCUT2D eigenvalue weighted by Crippen LogP contribution is 2.20. The zero-order valence-electron chi connectivity index (χ0n) is 12.3. The maximum absolute atomic E-state index is 12.2. The summed E-state index contributed by atoms with van der Waals surface area (Å²) in [5, 5.41) is 6.58. The molecule has 4 nitrogen and oxygen atoms in total. The summed E-state index contributed by atoms with van der Waals surface area (Å²) in [6.07, 6.45) is 1.97. The van der Waals surface area contributed by atoms with Crippen LogP contribution < -0.4 is 10.6 Å². The Morgan fingerprint density at radius 2 is 1.89 bits per heavy atom. The van der Waals surface area contributed by atoms with Crippen LogP contribution in [0.2, 0.25) is 0 Å². The topological polar surface area (TPSA) is 44.4 Å². The quantitative estimate of drug-likeness (QED) is 0.822. The number of nitrogens with zero attached hydrogens (tertiary/aromatic N) is 1. The first-order chi connectivity index (χ1) is 8.58. The van der Waals surface area contributed by atoms with Crippen LogP contribution >= 0.6 is 12.4 Å². The maximum Gasteiger partial charge on any atom is 0.223 e. The van der Waals surface area contributed by atoms with Gasteiger partial charge in [0.15, 0.2) is 0 Å². The van der Waals surface area contributed by atoms with Gasteiger partial charge in [-0.25, -0.2) is 0 Å². The Bertz CT molecular complexity index is 292. The molecule has 0 aromatic carbocycles. The van der Waals surface area contributed by atoms with Gasteiger partial charge in [-0.05, 0) is 45.7 Å². The zero-order chi connectivity index (χ0) is 13.1. The molecule has 0 aliphatic carbocycles. The Labute approximate surface area is 123 Å². The minimum Gasteiger partial charge on any atom is -0.352 e. The molecule has 0 bridgehead atoms. The lowest BCUT2D eigenvalue weighted by atomic mass is 9.96. The average molecular weight is 290 g/mol. The van der Waals surface area contributed by atoms with Crippen molar-refractivity contribution in [1.82, 2.24) is 15.5 Å². The maximum atomic E-state index is 12.2. The molecular weight excluding hydrogens is 262 g/mol. The Morgan fingerprint density at radius 3 is 2.42 bits per heavy atom. The van der Waals surface area contributed by atoms with E-state index in [1.807, 2.05) is 0 Å². The number of hydrogen-bond acceptors (Lipinski definition) is 3. The molecule has 5 heteroatoms. The highest BCUT2D eigenvalue weighted by molar-refractivity contribution is 5.85. The lowest BCUT2D eigenvalue weighted by Crippen LogP contribution is -2.45. The van der Waals surface area contributed by atoms with Crippen LogP contribution in [0.15, 0.2) is 0 Å². The fourth-order valence-corrected chi connectivity index (χ4v) is 3.00. The Kier molecular flexibility index (Phi) is 6.57. The van der Waals surface area contributed by atoms with E-state index in [9.17, 15) is 4.79 Å². The van der Waals surface area contributed by atoms with E-state index in [1.54, 1.807) is 0 Å². The highest BCUT2D eigenvalue weighted by atomic mass is 35.5. The Balaban J connectivity index is 0.00000180. The molecule has 2 heterocycles.